The van der Waals surface area contributed by atoms with Gasteiger partial charge in [-0.2, -0.15) is 0 Å². The smallest absolute Gasteiger partial charge is 0.252 e. The van der Waals surface area contributed by atoms with Crippen LogP contribution in [0.2, 0.25) is 0 Å². The van der Waals surface area contributed by atoms with E-state index in [1.807, 2.05) is 49.4 Å². The van der Waals surface area contributed by atoms with Crippen molar-refractivity contribution in [2.45, 2.75) is 13.8 Å². The second kappa shape index (κ2) is 9.45. The zero-order chi connectivity index (χ0) is 20.8. The van der Waals surface area contributed by atoms with Gasteiger partial charge in [0.2, 0.25) is 0 Å². The number of amides is 1. The summed E-state index contributed by atoms with van der Waals surface area (Å²) in [5.74, 6) is -0.101. The van der Waals surface area contributed by atoms with Crippen molar-refractivity contribution in [2.75, 3.05) is 13.1 Å². The van der Waals surface area contributed by atoms with E-state index >= 15 is 0 Å². The monoisotopic (exact) mass is 400 g/mol. The molecule has 3 nitrogen and oxygen atoms in total. The molecule has 29 heavy (non-hydrogen) atoms. The van der Waals surface area contributed by atoms with Crippen LogP contribution in [0.1, 0.15) is 19.4 Å². The van der Waals surface area contributed by atoms with E-state index in [4.69, 9.17) is 0 Å². The van der Waals surface area contributed by atoms with Gasteiger partial charge in [-0.1, -0.05) is 76.0 Å². The Balaban J connectivity index is 1.73. The average Bonchev–Trinajstić information content (AvgIpc) is 3.29. The topological polar surface area (TPSA) is 41.5 Å². The molecule has 146 valence electrons. The number of nitrogens with one attached hydrogen (secondary N) is 1. The summed E-state index contributed by atoms with van der Waals surface area (Å²) in [5.41, 5.74) is 6.02. The van der Waals surface area contributed by atoms with Gasteiger partial charge in [0, 0.05) is 22.7 Å². The molecule has 0 unspecified atom stereocenters. The highest BCUT2D eigenvalue weighted by Crippen LogP contribution is 2.33. The summed E-state index contributed by atoms with van der Waals surface area (Å²) in [7, 11) is 0.952. The van der Waals surface area contributed by atoms with Crippen molar-refractivity contribution in [3.63, 3.8) is 0 Å². The minimum Gasteiger partial charge on any atom is -0.348 e. The summed E-state index contributed by atoms with van der Waals surface area (Å²) >= 11 is 0. The molecule has 1 aromatic rings. The average molecular weight is 400 g/mol. The summed E-state index contributed by atoms with van der Waals surface area (Å²) in [6.45, 7) is 13.0. The van der Waals surface area contributed by atoms with Gasteiger partial charge >= 0.3 is 0 Å². The van der Waals surface area contributed by atoms with Crippen molar-refractivity contribution < 1.29 is 4.79 Å². The molecule has 0 aromatic heterocycles. The first-order valence-electron chi connectivity index (χ1n) is 9.57. The maximum Gasteiger partial charge on any atom is 0.252 e. The summed E-state index contributed by atoms with van der Waals surface area (Å²) < 4.78 is 0. The zero-order valence-corrected chi connectivity index (χ0v) is 17.8. The molecule has 3 rings (SSSR count). The molecule has 1 N–H and O–H groups in total. The van der Waals surface area contributed by atoms with E-state index in [1.54, 1.807) is 6.08 Å². The van der Waals surface area contributed by atoms with Crippen LogP contribution in [0.25, 0.3) is 0 Å². The Hall–Kier alpha value is -3.03. The van der Waals surface area contributed by atoms with E-state index in [0.717, 1.165) is 41.2 Å². The first kappa shape index (κ1) is 20.7. The van der Waals surface area contributed by atoms with Crippen molar-refractivity contribution in [1.82, 2.24) is 5.32 Å². The number of allylic oxidation sites excluding steroid dienone is 6. The second-order valence-electron chi connectivity index (χ2n) is 6.83. The van der Waals surface area contributed by atoms with Crippen LogP contribution >= 0.6 is 8.20 Å². The third-order valence-electron chi connectivity index (χ3n) is 4.78. The van der Waals surface area contributed by atoms with Crippen molar-refractivity contribution in [3.05, 3.63) is 107 Å². The van der Waals surface area contributed by atoms with Gasteiger partial charge in [0.05, 0.1) is 17.8 Å². The maximum atomic E-state index is 12.9. The SMILES string of the molecule is C=C/C=C(\C=C/C)C1=PC(=C)C(C(=O)NCC2=C(C)CN=C2c2ccccc2)=C1. The fraction of sp³-hybridized carbons (Fsp3) is 0.160. The van der Waals surface area contributed by atoms with Crippen LogP contribution < -0.4 is 5.32 Å². The molecule has 2 aliphatic rings. The quantitative estimate of drug-likeness (QED) is 0.497. The number of aliphatic imine (C=N–C) groups is 1. The fourth-order valence-corrected chi connectivity index (χ4v) is 4.34. The standard InChI is InChI=1S/C25H25N2OP/c1-5-10-19(11-6-2)23-14-21(18(4)29-23)25(28)27-16-22-17(3)15-26-24(22)20-12-8-7-9-13-20/h5-14H,1,4,15-16H2,2-3H3,(H,27,28)/b11-6-,19-10+. The summed E-state index contributed by atoms with van der Waals surface area (Å²) in [6.07, 6.45) is 9.63. The minimum absolute atomic E-state index is 0.101. The molecular weight excluding hydrogens is 375 g/mol. The van der Waals surface area contributed by atoms with Crippen LogP contribution in [0.3, 0.4) is 0 Å². The lowest BCUT2D eigenvalue weighted by molar-refractivity contribution is -0.117. The molecule has 0 radical (unpaired) electrons. The highest BCUT2D eigenvalue weighted by molar-refractivity contribution is 7.48. The van der Waals surface area contributed by atoms with Gasteiger partial charge in [-0.25, -0.2) is 0 Å². The molecule has 2 aliphatic heterocycles. The predicted octanol–water partition coefficient (Wildman–Crippen LogP) is 5.18. The maximum absolute atomic E-state index is 12.9. The Bertz CT molecular complexity index is 1030. The molecule has 0 atom stereocenters. The van der Waals surface area contributed by atoms with Crippen LogP contribution in [0.5, 0.6) is 0 Å². The van der Waals surface area contributed by atoms with Crippen LogP contribution in [-0.2, 0) is 4.79 Å². The largest absolute Gasteiger partial charge is 0.348 e. The normalized spacial score (nSPS) is 17.4. The van der Waals surface area contributed by atoms with E-state index in [0.29, 0.717) is 18.7 Å². The zero-order valence-electron chi connectivity index (χ0n) is 16.9. The molecule has 0 saturated carbocycles. The van der Waals surface area contributed by atoms with Gasteiger partial charge < -0.3 is 5.32 Å². The Kier molecular flexibility index (Phi) is 6.74. The molecule has 0 aliphatic carbocycles. The predicted molar refractivity (Wildman–Crippen MR) is 126 cm³/mol. The first-order chi connectivity index (χ1) is 14.0. The third kappa shape index (κ3) is 4.70. The van der Waals surface area contributed by atoms with Crippen molar-refractivity contribution in [1.29, 1.82) is 0 Å². The fourth-order valence-electron chi connectivity index (χ4n) is 3.29. The lowest BCUT2D eigenvalue weighted by atomic mass is 10.0. The number of rotatable bonds is 7. The summed E-state index contributed by atoms with van der Waals surface area (Å²) in [5, 5.41) is 4.94. The second-order valence-corrected chi connectivity index (χ2v) is 8.08. The minimum atomic E-state index is -0.101. The highest BCUT2D eigenvalue weighted by atomic mass is 31.1. The molecule has 1 aromatic carbocycles. The van der Waals surface area contributed by atoms with Crippen molar-refractivity contribution in [3.8, 4) is 0 Å². The van der Waals surface area contributed by atoms with Crippen LogP contribution in [0.4, 0.5) is 0 Å². The van der Waals surface area contributed by atoms with Gasteiger partial charge in [0.15, 0.2) is 0 Å². The van der Waals surface area contributed by atoms with Crippen LogP contribution in [-0.4, -0.2) is 30.0 Å². The number of benzene rings is 1. The van der Waals surface area contributed by atoms with Crippen LogP contribution in [0.15, 0.2) is 106 Å². The first-order valence-corrected chi connectivity index (χ1v) is 10.5. The summed E-state index contributed by atoms with van der Waals surface area (Å²) in [6, 6.07) is 10.1. The number of carbonyl (C=O) groups is 1. The lowest BCUT2D eigenvalue weighted by Crippen LogP contribution is -2.29. The molecule has 0 bridgehead atoms. The molecule has 2 heterocycles. The van der Waals surface area contributed by atoms with Crippen LogP contribution in [0, 0.1) is 0 Å². The molecule has 1 amide bonds. The third-order valence-corrected chi connectivity index (χ3v) is 5.92. The molecule has 0 spiro atoms. The van der Waals surface area contributed by atoms with E-state index in [2.05, 4.69) is 42.5 Å². The van der Waals surface area contributed by atoms with Gasteiger partial charge in [0.1, 0.15) is 0 Å². The Morgan fingerprint density at radius 1 is 1.31 bits per heavy atom. The van der Waals surface area contributed by atoms with E-state index < -0.39 is 0 Å². The Morgan fingerprint density at radius 3 is 2.76 bits per heavy atom. The van der Waals surface area contributed by atoms with E-state index in [9.17, 15) is 4.79 Å². The van der Waals surface area contributed by atoms with E-state index in [-0.39, 0.29) is 5.91 Å². The Labute approximate surface area is 174 Å². The number of carbonyl (C=O) groups excluding carboxylic acids is 1. The van der Waals surface area contributed by atoms with Gasteiger partial charge in [-0.15, -0.1) is 0 Å². The molecular formula is C25H25N2OP. The van der Waals surface area contributed by atoms with Crippen molar-refractivity contribution in [2.24, 2.45) is 4.99 Å². The highest BCUT2D eigenvalue weighted by Gasteiger charge is 2.22. The number of nitrogens with zero attached hydrogens (tertiary/aromatic N) is 1. The van der Waals surface area contributed by atoms with Gasteiger partial charge in [-0.05, 0) is 36.6 Å². The van der Waals surface area contributed by atoms with E-state index in [1.165, 1.54) is 5.57 Å². The molecule has 0 fully saturated rings. The number of hydrogen-bond donors (Lipinski definition) is 1. The Morgan fingerprint density at radius 2 is 2.07 bits per heavy atom. The van der Waals surface area contributed by atoms with Gasteiger partial charge in [-0.3, -0.25) is 9.79 Å². The van der Waals surface area contributed by atoms with Gasteiger partial charge in [0.25, 0.3) is 5.91 Å². The number of hydrogen-bond acceptors (Lipinski definition) is 2. The van der Waals surface area contributed by atoms with Crippen molar-refractivity contribution >= 4 is 25.1 Å². The molecule has 4 heteroatoms. The molecule has 0 saturated heterocycles. The lowest BCUT2D eigenvalue weighted by Gasteiger charge is -2.11. The summed E-state index contributed by atoms with van der Waals surface area (Å²) in [4.78, 5) is 17.5.